The first-order valence-electron chi connectivity index (χ1n) is 5.45. The predicted molar refractivity (Wildman–Crippen MR) is 63.4 cm³/mol. The summed E-state index contributed by atoms with van der Waals surface area (Å²) in [6.07, 6.45) is 3.55. The summed E-state index contributed by atoms with van der Waals surface area (Å²) in [5, 5.41) is 0.0458. The monoisotopic (exact) mass is 223 g/mol. The molecule has 0 spiro atoms. The van der Waals surface area contributed by atoms with Crippen LogP contribution >= 0.6 is 0 Å². The maximum atomic E-state index is 12.0. The van der Waals surface area contributed by atoms with E-state index >= 15 is 0 Å². The van der Waals surface area contributed by atoms with E-state index in [1.54, 1.807) is 0 Å². The summed E-state index contributed by atoms with van der Waals surface area (Å²) in [6.45, 7) is 2.41. The normalized spacial score (nSPS) is 18.5. The molecule has 0 fully saturated rings. The first-order chi connectivity index (χ1) is 7.22. The zero-order valence-corrected chi connectivity index (χ0v) is 9.85. The van der Waals surface area contributed by atoms with Gasteiger partial charge in [0.05, 0.1) is 10.8 Å². The van der Waals surface area contributed by atoms with Crippen molar-refractivity contribution >= 4 is 10.8 Å². The Bertz CT molecular complexity index is 389. The van der Waals surface area contributed by atoms with E-state index in [1.807, 2.05) is 13.0 Å². The summed E-state index contributed by atoms with van der Waals surface area (Å²) in [5.41, 5.74) is 8.34. The van der Waals surface area contributed by atoms with Gasteiger partial charge in [-0.05, 0) is 49.4 Å². The van der Waals surface area contributed by atoms with Crippen LogP contribution in [0.15, 0.2) is 23.1 Å². The van der Waals surface area contributed by atoms with Gasteiger partial charge in [-0.25, -0.2) is 0 Å². The number of aryl methyl sites for hydroxylation is 2. The molecular formula is C12H17NOS. The van der Waals surface area contributed by atoms with E-state index in [1.165, 1.54) is 24.0 Å². The first kappa shape index (κ1) is 10.8. The van der Waals surface area contributed by atoms with Gasteiger partial charge in [0.1, 0.15) is 0 Å². The van der Waals surface area contributed by atoms with Crippen LogP contribution in [0.1, 0.15) is 24.5 Å². The van der Waals surface area contributed by atoms with E-state index in [2.05, 4.69) is 12.1 Å². The molecule has 0 heterocycles. The lowest BCUT2D eigenvalue weighted by Crippen LogP contribution is -2.21. The standard InChI is InChI=1S/C12H17NOS/c1-9(8-13)15(14)12-6-5-10-3-2-4-11(10)7-12/h5-7,9H,2-4,8,13H2,1H3. The highest BCUT2D eigenvalue weighted by molar-refractivity contribution is 7.85. The van der Waals surface area contributed by atoms with Gasteiger partial charge in [0, 0.05) is 16.7 Å². The third kappa shape index (κ3) is 2.13. The second-order valence-electron chi connectivity index (χ2n) is 4.13. The highest BCUT2D eigenvalue weighted by atomic mass is 32.2. The van der Waals surface area contributed by atoms with Gasteiger partial charge in [0.2, 0.25) is 0 Å². The smallest absolute Gasteiger partial charge is 0.0570 e. The van der Waals surface area contributed by atoms with Crippen LogP contribution in [-0.4, -0.2) is 16.0 Å². The van der Waals surface area contributed by atoms with Gasteiger partial charge in [-0.1, -0.05) is 6.07 Å². The molecule has 1 aliphatic carbocycles. The Hall–Kier alpha value is -0.670. The molecule has 0 radical (unpaired) electrons. The van der Waals surface area contributed by atoms with Crippen molar-refractivity contribution in [3.8, 4) is 0 Å². The van der Waals surface area contributed by atoms with Crippen molar-refractivity contribution < 1.29 is 4.21 Å². The van der Waals surface area contributed by atoms with Crippen LogP contribution in [0.4, 0.5) is 0 Å². The summed E-state index contributed by atoms with van der Waals surface area (Å²) in [5.74, 6) is 0. The molecule has 1 aromatic carbocycles. The predicted octanol–water partition coefficient (Wildman–Crippen LogP) is 1.63. The Labute approximate surface area is 93.3 Å². The SMILES string of the molecule is CC(CN)S(=O)c1ccc2c(c1)CCC2. The second kappa shape index (κ2) is 4.45. The molecule has 0 amide bonds. The fourth-order valence-corrected chi connectivity index (χ4v) is 3.09. The van der Waals surface area contributed by atoms with Gasteiger partial charge in [-0.2, -0.15) is 0 Å². The zero-order valence-electron chi connectivity index (χ0n) is 9.03. The molecule has 2 unspecified atom stereocenters. The number of hydrogen-bond donors (Lipinski definition) is 1. The Morgan fingerprint density at radius 1 is 1.40 bits per heavy atom. The summed E-state index contributed by atoms with van der Waals surface area (Å²) < 4.78 is 12.0. The molecule has 1 aromatic rings. The molecule has 0 aliphatic heterocycles. The number of nitrogens with two attached hydrogens (primary N) is 1. The third-order valence-electron chi connectivity index (χ3n) is 3.00. The molecule has 15 heavy (non-hydrogen) atoms. The summed E-state index contributed by atoms with van der Waals surface area (Å²) in [4.78, 5) is 0.939. The molecule has 3 heteroatoms. The Morgan fingerprint density at radius 2 is 2.13 bits per heavy atom. The fourth-order valence-electron chi connectivity index (χ4n) is 1.99. The van der Waals surface area contributed by atoms with Crippen LogP contribution in [0.2, 0.25) is 0 Å². The molecule has 0 aromatic heterocycles. The van der Waals surface area contributed by atoms with Crippen molar-refractivity contribution in [1.82, 2.24) is 0 Å². The van der Waals surface area contributed by atoms with E-state index < -0.39 is 10.8 Å². The van der Waals surface area contributed by atoms with Crippen LogP contribution in [0, 0.1) is 0 Å². The van der Waals surface area contributed by atoms with Crippen molar-refractivity contribution in [2.45, 2.75) is 36.3 Å². The van der Waals surface area contributed by atoms with Crippen molar-refractivity contribution in [1.29, 1.82) is 0 Å². The average Bonchev–Trinajstić information content (AvgIpc) is 2.73. The van der Waals surface area contributed by atoms with Crippen LogP contribution in [0.3, 0.4) is 0 Å². The number of benzene rings is 1. The molecule has 2 rings (SSSR count). The topological polar surface area (TPSA) is 43.1 Å². The van der Waals surface area contributed by atoms with E-state index in [0.717, 1.165) is 11.3 Å². The third-order valence-corrected chi connectivity index (χ3v) is 4.64. The molecule has 0 saturated carbocycles. The minimum absolute atomic E-state index is 0.0458. The first-order valence-corrected chi connectivity index (χ1v) is 6.66. The molecule has 2 atom stereocenters. The quantitative estimate of drug-likeness (QED) is 0.846. The Balaban J connectivity index is 2.26. The molecule has 1 aliphatic rings. The highest BCUT2D eigenvalue weighted by Crippen LogP contribution is 2.24. The van der Waals surface area contributed by atoms with Crippen LogP contribution < -0.4 is 5.73 Å². The zero-order chi connectivity index (χ0) is 10.8. The van der Waals surface area contributed by atoms with Gasteiger partial charge in [0.15, 0.2) is 0 Å². The van der Waals surface area contributed by atoms with Crippen LogP contribution in [0.5, 0.6) is 0 Å². The minimum atomic E-state index is -0.946. The maximum absolute atomic E-state index is 12.0. The Kier molecular flexibility index (Phi) is 3.22. The Morgan fingerprint density at radius 3 is 2.87 bits per heavy atom. The van der Waals surface area contributed by atoms with Crippen LogP contribution in [-0.2, 0) is 23.6 Å². The lowest BCUT2D eigenvalue weighted by atomic mass is 10.1. The average molecular weight is 223 g/mol. The van der Waals surface area contributed by atoms with Crippen molar-refractivity contribution in [3.05, 3.63) is 29.3 Å². The summed E-state index contributed by atoms with van der Waals surface area (Å²) in [7, 11) is -0.946. The summed E-state index contributed by atoms with van der Waals surface area (Å²) in [6, 6.07) is 6.22. The van der Waals surface area contributed by atoms with E-state index in [0.29, 0.717) is 6.54 Å². The van der Waals surface area contributed by atoms with Gasteiger partial charge in [-0.15, -0.1) is 0 Å². The number of fused-ring (bicyclic) bond motifs is 1. The second-order valence-corrected chi connectivity index (χ2v) is 6.00. The molecule has 0 saturated heterocycles. The molecule has 82 valence electrons. The molecule has 2 nitrogen and oxygen atoms in total. The van der Waals surface area contributed by atoms with Crippen molar-refractivity contribution in [2.75, 3.05) is 6.54 Å². The fraction of sp³-hybridized carbons (Fsp3) is 0.500. The number of hydrogen-bond acceptors (Lipinski definition) is 2. The molecule has 2 N–H and O–H groups in total. The maximum Gasteiger partial charge on any atom is 0.0570 e. The minimum Gasteiger partial charge on any atom is -0.329 e. The lowest BCUT2D eigenvalue weighted by molar-refractivity contribution is 0.673. The summed E-state index contributed by atoms with van der Waals surface area (Å²) >= 11 is 0. The molecule has 0 bridgehead atoms. The van der Waals surface area contributed by atoms with Crippen molar-refractivity contribution in [2.24, 2.45) is 5.73 Å². The van der Waals surface area contributed by atoms with Gasteiger partial charge in [-0.3, -0.25) is 4.21 Å². The van der Waals surface area contributed by atoms with Crippen molar-refractivity contribution in [3.63, 3.8) is 0 Å². The lowest BCUT2D eigenvalue weighted by Gasteiger charge is -2.09. The van der Waals surface area contributed by atoms with Gasteiger partial charge in [0.25, 0.3) is 0 Å². The van der Waals surface area contributed by atoms with E-state index in [-0.39, 0.29) is 5.25 Å². The van der Waals surface area contributed by atoms with Crippen LogP contribution in [0.25, 0.3) is 0 Å². The highest BCUT2D eigenvalue weighted by Gasteiger charge is 2.15. The molecular weight excluding hydrogens is 206 g/mol. The van der Waals surface area contributed by atoms with Gasteiger partial charge >= 0.3 is 0 Å². The largest absolute Gasteiger partial charge is 0.329 e. The van der Waals surface area contributed by atoms with E-state index in [9.17, 15) is 4.21 Å². The van der Waals surface area contributed by atoms with Gasteiger partial charge < -0.3 is 5.73 Å². The number of rotatable bonds is 3. The van der Waals surface area contributed by atoms with E-state index in [4.69, 9.17) is 5.73 Å².